The highest BCUT2D eigenvalue weighted by molar-refractivity contribution is 7.11. The summed E-state index contributed by atoms with van der Waals surface area (Å²) in [5, 5.41) is 14.2. The van der Waals surface area contributed by atoms with Crippen LogP contribution in [0.25, 0.3) is 0 Å². The van der Waals surface area contributed by atoms with Crippen LogP contribution in [-0.4, -0.2) is 52.6 Å². The van der Waals surface area contributed by atoms with Gasteiger partial charge in [-0.3, -0.25) is 9.98 Å². The molecule has 0 unspecified atom stereocenters. The first-order chi connectivity index (χ1) is 40.5. The van der Waals surface area contributed by atoms with Crippen molar-refractivity contribution in [2.24, 2.45) is 20.8 Å². The van der Waals surface area contributed by atoms with Gasteiger partial charge in [0.15, 0.2) is 11.8 Å². The number of hydrogen-bond acceptors (Lipinski definition) is 16. The Morgan fingerprint density at radius 1 is 0.489 bits per heavy atom. The molecule has 9 heterocycles. The summed E-state index contributed by atoms with van der Waals surface area (Å²) in [6, 6.07) is 1.97. The normalized spacial score (nSPS) is 13.5. The van der Waals surface area contributed by atoms with Gasteiger partial charge in [-0.1, -0.05) is 203 Å². The third-order valence-corrected chi connectivity index (χ3v) is 16.3. The zero-order chi connectivity index (χ0) is 70.0. The first kappa shape index (κ1) is 82.6. The highest BCUT2D eigenvalue weighted by Gasteiger charge is 2.24. The summed E-state index contributed by atoms with van der Waals surface area (Å²) < 4.78 is 24.5. The molecule has 9 rings (SSSR count). The van der Waals surface area contributed by atoms with Crippen molar-refractivity contribution in [1.29, 1.82) is 0 Å². The molecule has 0 atom stereocenters. The van der Waals surface area contributed by atoms with E-state index in [1.54, 1.807) is 52.9 Å². The molecule has 7 aromatic heterocycles. The Bertz CT molecular complexity index is 2990. The van der Waals surface area contributed by atoms with Crippen LogP contribution in [0, 0.1) is 59.3 Å². The maximum Gasteiger partial charge on any atom is 0.191 e. The van der Waals surface area contributed by atoms with E-state index < -0.39 is 0 Å². The molecule has 0 amide bonds. The van der Waals surface area contributed by atoms with Crippen molar-refractivity contribution in [3.8, 4) is 0 Å². The van der Waals surface area contributed by atoms with Crippen molar-refractivity contribution in [3.05, 3.63) is 143 Å². The molecule has 0 aromatic carbocycles. The third-order valence-electron chi connectivity index (χ3n) is 13.5. The molecule has 0 saturated carbocycles. The summed E-state index contributed by atoms with van der Waals surface area (Å²) in [4.78, 5) is 26.9. The summed E-state index contributed by atoms with van der Waals surface area (Å²) in [6.45, 7) is 77.3. The van der Waals surface area contributed by atoms with Gasteiger partial charge in [0.1, 0.15) is 24.0 Å². The third kappa shape index (κ3) is 31.7. The van der Waals surface area contributed by atoms with Gasteiger partial charge in [0.2, 0.25) is 0 Å². The smallest absolute Gasteiger partial charge is 0.191 e. The summed E-state index contributed by atoms with van der Waals surface area (Å²) in [6.07, 6.45) is 12.7. The molecule has 504 valence electrons. The van der Waals surface area contributed by atoms with E-state index in [2.05, 4.69) is 275 Å². The predicted molar refractivity (Wildman–Crippen MR) is 387 cm³/mol. The van der Waals surface area contributed by atoms with Gasteiger partial charge in [-0.25, -0.2) is 19.9 Å². The molecule has 0 saturated heterocycles. The van der Waals surface area contributed by atoms with Gasteiger partial charge < -0.3 is 17.9 Å². The second-order valence-corrected chi connectivity index (χ2v) is 35.4. The van der Waals surface area contributed by atoms with E-state index in [0.29, 0.717) is 5.41 Å². The Morgan fingerprint density at radius 3 is 1.26 bits per heavy atom. The SMILES string of the molecule is CC1=NC(C(C)(C)C)=CC1.CC1=NCC(C(C)(C)C)=C1.Cc1cc(C(C)(C)C)on1.Cc1nc(C(C)(C)C)co1.Cc1nc(C(C)(C)C)cs1.Cc1ncc(C(C)(C)C)o1.Cc1ncc(C(C)(C)C)s1.Cc1nocc1C(C)(C)C.Cc1nscc1C(C)(C)C. The van der Waals surface area contributed by atoms with Crippen molar-refractivity contribution in [2.75, 3.05) is 6.54 Å². The Kier molecular flexibility index (Phi) is 31.1. The topological polar surface area (TPSA) is 168 Å². The van der Waals surface area contributed by atoms with E-state index in [4.69, 9.17) is 17.9 Å². The molecule has 0 spiro atoms. The number of oxazole rings is 2. The van der Waals surface area contributed by atoms with Gasteiger partial charge in [0.25, 0.3) is 0 Å². The van der Waals surface area contributed by atoms with E-state index in [-0.39, 0.29) is 43.3 Å². The molecule has 13 nitrogen and oxygen atoms in total. The van der Waals surface area contributed by atoms with Crippen molar-refractivity contribution in [3.63, 3.8) is 0 Å². The molecule has 0 radical (unpaired) electrons. The van der Waals surface area contributed by atoms with Crippen LogP contribution in [0.2, 0.25) is 0 Å². The lowest BCUT2D eigenvalue weighted by molar-refractivity contribution is 0.327. The van der Waals surface area contributed by atoms with E-state index in [1.165, 1.54) is 50.1 Å². The van der Waals surface area contributed by atoms with Crippen LogP contribution in [-0.2, 0) is 37.9 Å². The lowest BCUT2D eigenvalue weighted by atomic mass is 9.87. The molecule has 2 aliphatic rings. The second kappa shape index (κ2) is 33.9. The quantitative estimate of drug-likeness (QED) is 0.142. The summed E-state index contributed by atoms with van der Waals surface area (Å²) in [5.74, 6) is 3.38. The minimum Gasteiger partial charge on any atom is -0.449 e. The van der Waals surface area contributed by atoms with Crippen LogP contribution in [0.3, 0.4) is 0 Å². The van der Waals surface area contributed by atoms with E-state index in [9.17, 15) is 0 Å². The summed E-state index contributed by atoms with van der Waals surface area (Å²) >= 11 is 5.05. The zero-order valence-corrected chi connectivity index (χ0v) is 65.4. The van der Waals surface area contributed by atoms with Crippen LogP contribution in [0.4, 0.5) is 0 Å². The van der Waals surface area contributed by atoms with Gasteiger partial charge in [0.05, 0.1) is 51.2 Å². The summed E-state index contributed by atoms with van der Waals surface area (Å²) in [5.41, 5.74) is 14.7. The second-order valence-electron chi connectivity index (χ2n) is 32.5. The highest BCUT2D eigenvalue weighted by atomic mass is 32.1. The molecule has 0 fully saturated rings. The number of aryl methyl sites for hydroxylation is 7. The van der Waals surface area contributed by atoms with Crippen molar-refractivity contribution in [1.82, 2.24) is 34.6 Å². The Hall–Kier alpha value is -5.45. The monoisotopic (exact) mass is 1300 g/mol. The fraction of sp³-hybridized carbons (Fsp3) is 0.635. The number of allylic oxidation sites excluding steroid dienone is 3. The Balaban J connectivity index is 0.000000506. The van der Waals surface area contributed by atoms with Crippen LogP contribution in [0.15, 0.2) is 93.0 Å². The minimum absolute atomic E-state index is 0.0846. The summed E-state index contributed by atoms with van der Waals surface area (Å²) in [7, 11) is 0. The maximum atomic E-state index is 5.34. The number of rotatable bonds is 0. The van der Waals surface area contributed by atoms with Crippen molar-refractivity contribution < 1.29 is 17.9 Å². The number of hydrogen-bond donors (Lipinski definition) is 0. The Morgan fingerprint density at radius 2 is 1.06 bits per heavy atom. The average Bonchev–Trinajstić information content (AvgIpc) is 2.99. The standard InChI is InChI=1S/2C9H15N.4C8H13NO.3C8H13NS/c1-7-5-8(6-10-7)9(2,3)4;1-7-5-6-8(10-7)9(2,3)4;1-6-9-7(5-10-6)8(2,3)4;1-6-9-5-7(10-6)8(2,3)4;1-6-7(5-10-9-6)8(2,3)4;1-6-5-7(10-9-6)8(2,3)4;1-6-9-7(5-10-6)8(2,3)4;1-6-9-5-7(10-6)8(2,3)4;1-6-7(5-10-9-6)8(2,3)4/h5H,6H2,1-4H3;6H,5H2,1-4H3;7*5H,1-4H3. The lowest BCUT2D eigenvalue weighted by Crippen LogP contribution is -2.11. The largest absolute Gasteiger partial charge is 0.449 e. The van der Waals surface area contributed by atoms with Gasteiger partial charge in [-0.05, 0) is 98.9 Å². The van der Waals surface area contributed by atoms with Crippen LogP contribution < -0.4 is 0 Å². The molecular formula is C74H121N9O4S3. The first-order valence-electron chi connectivity index (χ1n) is 31.5. The number of aliphatic imine (C=N–C) groups is 2. The average molecular weight is 1300 g/mol. The van der Waals surface area contributed by atoms with Crippen LogP contribution in [0.1, 0.15) is 285 Å². The maximum absolute atomic E-state index is 5.34. The van der Waals surface area contributed by atoms with Crippen LogP contribution >= 0.6 is 34.2 Å². The molecule has 0 N–H and O–H groups in total. The van der Waals surface area contributed by atoms with Gasteiger partial charge >= 0.3 is 0 Å². The molecule has 0 bridgehead atoms. The number of aromatic nitrogens is 7. The molecular weight excluding hydrogens is 1180 g/mol. The molecule has 90 heavy (non-hydrogen) atoms. The molecule has 0 aliphatic carbocycles. The fourth-order valence-corrected chi connectivity index (χ4v) is 10.2. The van der Waals surface area contributed by atoms with Gasteiger partial charge in [-0.15, -0.1) is 22.7 Å². The molecule has 16 heteroatoms. The van der Waals surface area contributed by atoms with Gasteiger partial charge in [0, 0.05) is 97.9 Å². The Labute approximate surface area is 558 Å². The van der Waals surface area contributed by atoms with Crippen molar-refractivity contribution >= 4 is 45.6 Å². The minimum atomic E-state index is 0.0846. The molecule has 2 aliphatic heterocycles. The van der Waals surface area contributed by atoms with E-state index in [1.807, 2.05) is 53.8 Å². The zero-order valence-electron chi connectivity index (χ0n) is 63.0. The highest BCUT2D eigenvalue weighted by Crippen LogP contribution is 2.32. The van der Waals surface area contributed by atoms with E-state index >= 15 is 0 Å². The van der Waals surface area contributed by atoms with Crippen LogP contribution in [0.5, 0.6) is 0 Å². The number of thiazole rings is 2. The molecule has 7 aromatic rings. The predicted octanol–water partition coefficient (Wildman–Crippen LogP) is 22.6. The van der Waals surface area contributed by atoms with Crippen molar-refractivity contribution in [2.45, 2.75) is 294 Å². The van der Waals surface area contributed by atoms with E-state index in [0.717, 1.165) is 63.4 Å². The fourth-order valence-electron chi connectivity index (χ4n) is 7.60. The van der Waals surface area contributed by atoms with Gasteiger partial charge in [-0.2, -0.15) is 4.37 Å². The first-order valence-corrected chi connectivity index (χ1v) is 34.0. The lowest BCUT2D eigenvalue weighted by Gasteiger charge is -2.18. The number of nitrogens with zero attached hydrogens (tertiary/aromatic N) is 9.